The molecule has 0 N–H and O–H groups in total. The molecule has 1 atom stereocenters. The summed E-state index contributed by atoms with van der Waals surface area (Å²) in [7, 11) is 0. The van der Waals surface area contributed by atoms with Crippen LogP contribution in [0.2, 0.25) is 0 Å². The standard InChI is InChI=1S/C24H18I2N2O4S2/c1-4-8-32-21-15(25)10-14(11-16(21)26)12-18-22(29)28-20(17-7-6-9-33-17)19(23(30)31-5-2)13(3)27-24(28)34-18/h1,6-7,9-12,20H,5,8H2,2-3H3/b18-12-/t20-/m1/s1. The lowest BCUT2D eigenvalue weighted by Crippen LogP contribution is -2.39. The molecule has 0 spiro atoms. The maximum absolute atomic E-state index is 13.6. The average molecular weight is 716 g/mol. The van der Waals surface area contributed by atoms with Crippen molar-refractivity contribution in [3.05, 3.63) is 78.2 Å². The highest BCUT2D eigenvalue weighted by molar-refractivity contribution is 14.1. The van der Waals surface area contributed by atoms with E-state index < -0.39 is 12.0 Å². The predicted octanol–water partition coefficient (Wildman–Crippen LogP) is 4.08. The molecule has 4 rings (SSSR count). The molecule has 10 heteroatoms. The SMILES string of the molecule is C#CCOc1c(I)cc(/C=c2\sc3n(c2=O)[C@H](c2cccs2)C(C(=O)OCC)=C(C)N=3)cc1I. The van der Waals surface area contributed by atoms with Crippen LogP contribution in [-0.2, 0) is 9.53 Å². The molecule has 1 aliphatic rings. The summed E-state index contributed by atoms with van der Waals surface area (Å²) in [6.45, 7) is 3.97. The van der Waals surface area contributed by atoms with Gasteiger partial charge in [-0.1, -0.05) is 23.3 Å². The van der Waals surface area contributed by atoms with Gasteiger partial charge in [-0.25, -0.2) is 9.79 Å². The number of halogens is 2. The number of esters is 1. The van der Waals surface area contributed by atoms with Gasteiger partial charge in [0.25, 0.3) is 5.56 Å². The van der Waals surface area contributed by atoms with Gasteiger partial charge in [-0.2, -0.15) is 0 Å². The molecule has 0 fully saturated rings. The topological polar surface area (TPSA) is 69.9 Å². The van der Waals surface area contributed by atoms with E-state index >= 15 is 0 Å². The lowest BCUT2D eigenvalue weighted by molar-refractivity contribution is -0.139. The van der Waals surface area contributed by atoms with Gasteiger partial charge in [0.05, 0.1) is 29.5 Å². The van der Waals surface area contributed by atoms with Gasteiger partial charge in [0, 0.05) is 4.88 Å². The van der Waals surface area contributed by atoms with Crippen LogP contribution < -0.4 is 19.6 Å². The molecule has 174 valence electrons. The number of terminal acetylenes is 1. The van der Waals surface area contributed by atoms with Crippen LogP contribution in [-0.4, -0.2) is 23.8 Å². The normalized spacial score (nSPS) is 15.5. The summed E-state index contributed by atoms with van der Waals surface area (Å²) in [4.78, 5) is 32.5. The first-order chi connectivity index (χ1) is 16.3. The Morgan fingerprint density at radius 1 is 1.35 bits per heavy atom. The van der Waals surface area contributed by atoms with Crippen LogP contribution in [0.15, 0.2) is 50.7 Å². The zero-order valence-electron chi connectivity index (χ0n) is 18.1. The first-order valence-electron chi connectivity index (χ1n) is 10.1. The van der Waals surface area contributed by atoms with Crippen molar-refractivity contribution in [2.75, 3.05) is 13.2 Å². The molecular formula is C24H18I2N2O4S2. The van der Waals surface area contributed by atoms with Gasteiger partial charge in [0.15, 0.2) is 4.80 Å². The second-order valence-corrected chi connectivity index (χ2v) is 11.4. The van der Waals surface area contributed by atoms with E-state index in [9.17, 15) is 9.59 Å². The van der Waals surface area contributed by atoms with Crippen molar-refractivity contribution in [3.63, 3.8) is 0 Å². The zero-order valence-corrected chi connectivity index (χ0v) is 24.1. The molecule has 0 saturated carbocycles. The van der Waals surface area contributed by atoms with E-state index in [2.05, 4.69) is 56.1 Å². The van der Waals surface area contributed by atoms with Crippen LogP contribution in [0, 0.1) is 19.5 Å². The van der Waals surface area contributed by atoms with Crippen LogP contribution >= 0.6 is 67.9 Å². The molecule has 0 saturated heterocycles. The zero-order chi connectivity index (χ0) is 24.4. The quantitative estimate of drug-likeness (QED) is 0.219. The van der Waals surface area contributed by atoms with Crippen molar-refractivity contribution in [2.24, 2.45) is 4.99 Å². The smallest absolute Gasteiger partial charge is 0.338 e. The fourth-order valence-corrected chi connectivity index (χ4v) is 7.57. The third-order valence-corrected chi connectivity index (χ3v) is 8.46. The number of hydrogen-bond donors (Lipinski definition) is 0. The maximum atomic E-state index is 13.6. The van der Waals surface area contributed by atoms with E-state index in [1.807, 2.05) is 35.7 Å². The monoisotopic (exact) mass is 716 g/mol. The summed E-state index contributed by atoms with van der Waals surface area (Å²) in [5.41, 5.74) is 1.61. The predicted molar refractivity (Wildman–Crippen MR) is 151 cm³/mol. The minimum absolute atomic E-state index is 0.189. The molecule has 34 heavy (non-hydrogen) atoms. The minimum atomic E-state index is -0.572. The number of hydrogen-bond acceptors (Lipinski definition) is 7. The number of fused-ring (bicyclic) bond motifs is 1. The number of rotatable bonds is 6. The van der Waals surface area contributed by atoms with Gasteiger partial charge >= 0.3 is 5.97 Å². The van der Waals surface area contributed by atoms with E-state index in [0.29, 0.717) is 20.6 Å². The van der Waals surface area contributed by atoms with Crippen LogP contribution in [0.25, 0.3) is 6.08 Å². The van der Waals surface area contributed by atoms with Crippen molar-refractivity contribution in [1.82, 2.24) is 4.57 Å². The van der Waals surface area contributed by atoms with Gasteiger partial charge in [-0.15, -0.1) is 17.8 Å². The highest BCUT2D eigenvalue weighted by atomic mass is 127. The van der Waals surface area contributed by atoms with Gasteiger partial charge in [0.2, 0.25) is 0 Å². The van der Waals surface area contributed by atoms with Gasteiger partial charge in [0.1, 0.15) is 18.4 Å². The number of thiazole rings is 1. The molecular weight excluding hydrogens is 698 g/mol. The summed E-state index contributed by atoms with van der Waals surface area (Å²) >= 11 is 7.18. The molecule has 0 amide bonds. The third kappa shape index (κ3) is 4.89. The molecule has 0 bridgehead atoms. The number of ether oxygens (including phenoxy) is 2. The number of aromatic nitrogens is 1. The minimum Gasteiger partial charge on any atom is -0.479 e. The van der Waals surface area contributed by atoms with E-state index in [0.717, 1.165) is 23.3 Å². The van der Waals surface area contributed by atoms with Crippen LogP contribution in [0.3, 0.4) is 0 Å². The Balaban J connectivity index is 1.87. The van der Waals surface area contributed by atoms with E-state index in [4.69, 9.17) is 15.9 Å². The lowest BCUT2D eigenvalue weighted by Gasteiger charge is -2.23. The first kappa shape index (κ1) is 25.2. The molecule has 0 radical (unpaired) electrons. The molecule has 1 aliphatic heterocycles. The van der Waals surface area contributed by atoms with Crippen LogP contribution in [0.1, 0.15) is 30.3 Å². The van der Waals surface area contributed by atoms with E-state index in [1.165, 1.54) is 22.7 Å². The highest BCUT2D eigenvalue weighted by Gasteiger charge is 2.33. The number of thiophene rings is 1. The second kappa shape index (κ2) is 10.8. The number of allylic oxidation sites excluding steroid dienone is 1. The fraction of sp³-hybridized carbons (Fsp3) is 0.208. The molecule has 6 nitrogen and oxygen atoms in total. The van der Waals surface area contributed by atoms with Crippen LogP contribution in [0.5, 0.6) is 5.75 Å². The maximum Gasteiger partial charge on any atom is 0.338 e. The Morgan fingerprint density at radius 2 is 2.09 bits per heavy atom. The van der Waals surface area contributed by atoms with Crippen LogP contribution in [0.4, 0.5) is 0 Å². The third-order valence-electron chi connectivity index (χ3n) is 4.95. The Morgan fingerprint density at radius 3 is 2.71 bits per heavy atom. The average Bonchev–Trinajstić information content (AvgIpc) is 3.41. The molecule has 2 aromatic heterocycles. The number of carbonyl (C=O) groups is 1. The Hall–Kier alpha value is -1.95. The Bertz CT molecular complexity index is 1490. The van der Waals surface area contributed by atoms with Crippen molar-refractivity contribution in [3.8, 4) is 18.1 Å². The van der Waals surface area contributed by atoms with Crippen molar-refractivity contribution >= 4 is 79.9 Å². The van der Waals surface area contributed by atoms with E-state index in [-0.39, 0.29) is 18.8 Å². The molecule has 1 aromatic carbocycles. The Kier molecular flexibility index (Phi) is 7.96. The molecule has 3 aromatic rings. The van der Waals surface area contributed by atoms with Crippen molar-refractivity contribution < 1.29 is 14.3 Å². The van der Waals surface area contributed by atoms with Gasteiger partial charge < -0.3 is 9.47 Å². The second-order valence-electron chi connectivity index (χ2n) is 7.12. The largest absolute Gasteiger partial charge is 0.479 e. The number of nitrogens with zero attached hydrogens (tertiary/aromatic N) is 2. The number of benzene rings is 1. The summed E-state index contributed by atoms with van der Waals surface area (Å²) in [6, 6.07) is 7.14. The summed E-state index contributed by atoms with van der Waals surface area (Å²) in [5, 5.41) is 1.93. The Labute approximate surface area is 231 Å². The van der Waals surface area contributed by atoms with Crippen molar-refractivity contribution in [1.29, 1.82) is 0 Å². The highest BCUT2D eigenvalue weighted by Crippen LogP contribution is 2.33. The summed E-state index contributed by atoms with van der Waals surface area (Å²) in [5.74, 6) is 2.74. The molecule has 0 unspecified atom stereocenters. The van der Waals surface area contributed by atoms with E-state index in [1.54, 1.807) is 18.4 Å². The fourth-order valence-electron chi connectivity index (χ4n) is 3.57. The lowest BCUT2D eigenvalue weighted by atomic mass is 10.0. The number of carbonyl (C=O) groups excluding carboxylic acids is 1. The first-order valence-corrected chi connectivity index (χ1v) is 14.0. The summed E-state index contributed by atoms with van der Waals surface area (Å²) < 4.78 is 14.9. The molecule has 3 heterocycles. The van der Waals surface area contributed by atoms with Gasteiger partial charge in [-0.05, 0) is 94.2 Å². The van der Waals surface area contributed by atoms with Gasteiger partial charge in [-0.3, -0.25) is 9.36 Å². The molecule has 0 aliphatic carbocycles. The summed E-state index contributed by atoms with van der Waals surface area (Å²) in [6.07, 6.45) is 7.15. The van der Waals surface area contributed by atoms with Crippen molar-refractivity contribution in [2.45, 2.75) is 19.9 Å².